The quantitative estimate of drug-likeness (QED) is 0.511. The van der Waals surface area contributed by atoms with Gasteiger partial charge in [-0.3, -0.25) is 9.41 Å². The number of aliphatic hydroxyl groups is 1. The summed E-state index contributed by atoms with van der Waals surface area (Å²) in [7, 11) is 0. The molecule has 0 saturated carbocycles. The minimum absolute atomic E-state index is 0. The van der Waals surface area contributed by atoms with E-state index in [9.17, 15) is 0 Å². The lowest BCUT2D eigenvalue weighted by molar-refractivity contribution is 0.160. The molecule has 0 spiro atoms. The summed E-state index contributed by atoms with van der Waals surface area (Å²) >= 11 is 0. The Bertz CT molecular complexity index is 63.6. The molecule has 0 aromatic carbocycles. The highest BCUT2D eigenvalue weighted by Crippen LogP contribution is 1.91. The molecule has 2 unspecified atom stereocenters. The molecule has 3 nitrogen and oxygen atoms in total. The Kier molecular flexibility index (Phi) is 14.3. The topological polar surface area (TPSA) is 72.3 Å². The molecule has 2 atom stereocenters. The SMILES string of the molecule is CC(O)C(N)CCN.F.F. The van der Waals surface area contributed by atoms with Crippen molar-refractivity contribution < 1.29 is 14.5 Å². The molecule has 66 valence electrons. The summed E-state index contributed by atoms with van der Waals surface area (Å²) in [4.78, 5) is 0. The van der Waals surface area contributed by atoms with Gasteiger partial charge in [-0.15, -0.1) is 0 Å². The zero-order valence-electron chi connectivity index (χ0n) is 5.99. The van der Waals surface area contributed by atoms with Crippen molar-refractivity contribution in [3.63, 3.8) is 0 Å². The van der Waals surface area contributed by atoms with Crippen LogP contribution in [0.2, 0.25) is 0 Å². The molecule has 0 heterocycles. The predicted molar refractivity (Wildman–Crippen MR) is 38.3 cm³/mol. The maximum atomic E-state index is 8.77. The van der Waals surface area contributed by atoms with Crippen molar-refractivity contribution >= 4 is 0 Å². The average Bonchev–Trinajstić information content (AvgIpc) is 1.67. The number of hydrogen-bond acceptors (Lipinski definition) is 3. The fraction of sp³-hybridized carbons (Fsp3) is 1.00. The van der Waals surface area contributed by atoms with Crippen molar-refractivity contribution in [2.45, 2.75) is 25.5 Å². The van der Waals surface area contributed by atoms with Gasteiger partial charge in [0.1, 0.15) is 0 Å². The van der Waals surface area contributed by atoms with Crippen LogP contribution in [0.4, 0.5) is 9.41 Å². The van der Waals surface area contributed by atoms with Crippen molar-refractivity contribution in [2.75, 3.05) is 6.54 Å². The van der Waals surface area contributed by atoms with Crippen LogP contribution in [0, 0.1) is 0 Å². The van der Waals surface area contributed by atoms with Gasteiger partial charge >= 0.3 is 0 Å². The summed E-state index contributed by atoms with van der Waals surface area (Å²) in [6, 6.07) is -0.153. The van der Waals surface area contributed by atoms with Crippen LogP contribution < -0.4 is 11.5 Å². The minimum Gasteiger partial charge on any atom is -0.392 e. The maximum Gasteiger partial charge on any atom is 0.0663 e. The van der Waals surface area contributed by atoms with E-state index in [0.29, 0.717) is 13.0 Å². The second-order valence-corrected chi connectivity index (χ2v) is 1.98. The van der Waals surface area contributed by atoms with Crippen LogP contribution in [-0.4, -0.2) is 23.8 Å². The van der Waals surface area contributed by atoms with E-state index in [1.807, 2.05) is 0 Å². The van der Waals surface area contributed by atoms with Gasteiger partial charge in [0, 0.05) is 6.04 Å². The Morgan fingerprint density at radius 1 is 1.40 bits per heavy atom. The first-order valence-corrected chi connectivity index (χ1v) is 2.82. The predicted octanol–water partition coefficient (Wildman–Crippen LogP) is -0.652. The van der Waals surface area contributed by atoms with Crippen molar-refractivity contribution in [1.82, 2.24) is 0 Å². The Balaban J connectivity index is -0.000000245. The lowest BCUT2D eigenvalue weighted by Crippen LogP contribution is -2.34. The van der Waals surface area contributed by atoms with Crippen molar-refractivity contribution in [3.8, 4) is 0 Å². The Labute approximate surface area is 59.1 Å². The zero-order valence-corrected chi connectivity index (χ0v) is 5.99. The molecule has 0 fully saturated rings. The van der Waals surface area contributed by atoms with Gasteiger partial charge in [0.2, 0.25) is 0 Å². The molecule has 0 aliphatic rings. The molecule has 0 rings (SSSR count). The summed E-state index contributed by atoms with van der Waals surface area (Å²) in [5, 5.41) is 8.77. The molecular weight excluding hydrogens is 142 g/mol. The van der Waals surface area contributed by atoms with Crippen molar-refractivity contribution in [2.24, 2.45) is 11.5 Å². The van der Waals surface area contributed by atoms with Crippen molar-refractivity contribution in [1.29, 1.82) is 0 Å². The fourth-order valence-corrected chi connectivity index (χ4v) is 0.434. The lowest BCUT2D eigenvalue weighted by Gasteiger charge is -2.11. The number of nitrogens with two attached hydrogens (primary N) is 2. The van der Waals surface area contributed by atoms with E-state index < -0.39 is 6.10 Å². The second-order valence-electron chi connectivity index (χ2n) is 1.98. The highest BCUT2D eigenvalue weighted by Gasteiger charge is 2.05. The van der Waals surface area contributed by atoms with Crippen LogP contribution in [0.3, 0.4) is 0 Å². The first-order chi connectivity index (χ1) is 3.68. The van der Waals surface area contributed by atoms with E-state index in [1.165, 1.54) is 0 Å². The van der Waals surface area contributed by atoms with E-state index in [-0.39, 0.29) is 15.5 Å². The van der Waals surface area contributed by atoms with Crippen LogP contribution in [0.15, 0.2) is 0 Å². The molecule has 5 heteroatoms. The summed E-state index contributed by atoms with van der Waals surface area (Å²) in [6.07, 6.45) is 0.260. The van der Waals surface area contributed by atoms with Gasteiger partial charge in [-0.25, -0.2) is 0 Å². The van der Waals surface area contributed by atoms with E-state index >= 15 is 0 Å². The van der Waals surface area contributed by atoms with Gasteiger partial charge in [-0.2, -0.15) is 0 Å². The number of halogens is 2. The van der Waals surface area contributed by atoms with Gasteiger partial charge in [-0.05, 0) is 19.9 Å². The highest BCUT2D eigenvalue weighted by molar-refractivity contribution is 4.66. The van der Waals surface area contributed by atoms with Crippen LogP contribution in [0.5, 0.6) is 0 Å². The van der Waals surface area contributed by atoms with Crippen LogP contribution >= 0.6 is 0 Å². The summed E-state index contributed by atoms with van der Waals surface area (Å²) in [5.74, 6) is 0. The molecular formula is C5H16F2N2O. The van der Waals surface area contributed by atoms with Crippen molar-refractivity contribution in [3.05, 3.63) is 0 Å². The molecule has 0 bridgehead atoms. The fourth-order valence-electron chi connectivity index (χ4n) is 0.434. The number of hydrogen-bond donors (Lipinski definition) is 3. The van der Waals surface area contributed by atoms with E-state index in [2.05, 4.69) is 0 Å². The Morgan fingerprint density at radius 2 is 1.80 bits per heavy atom. The third kappa shape index (κ3) is 7.74. The molecule has 0 aromatic heterocycles. The molecule has 0 aromatic rings. The number of rotatable bonds is 3. The molecule has 5 N–H and O–H groups in total. The van der Waals surface area contributed by atoms with E-state index in [4.69, 9.17) is 16.6 Å². The smallest absolute Gasteiger partial charge is 0.0663 e. The zero-order chi connectivity index (χ0) is 6.57. The van der Waals surface area contributed by atoms with Crippen LogP contribution in [0.25, 0.3) is 0 Å². The molecule has 0 saturated heterocycles. The first-order valence-electron chi connectivity index (χ1n) is 2.82. The Hall–Kier alpha value is -0.260. The van der Waals surface area contributed by atoms with Gasteiger partial charge in [0.15, 0.2) is 0 Å². The molecule has 0 aliphatic heterocycles. The number of aliphatic hydroxyl groups excluding tert-OH is 1. The summed E-state index contributed by atoms with van der Waals surface area (Å²) in [6.45, 7) is 2.21. The largest absolute Gasteiger partial charge is 0.392 e. The molecule has 0 amide bonds. The normalized spacial score (nSPS) is 14.4. The van der Waals surface area contributed by atoms with E-state index in [1.54, 1.807) is 6.92 Å². The first kappa shape index (κ1) is 16.4. The third-order valence-electron chi connectivity index (χ3n) is 1.12. The monoisotopic (exact) mass is 158 g/mol. The molecule has 0 radical (unpaired) electrons. The maximum absolute atomic E-state index is 8.77. The summed E-state index contributed by atoms with van der Waals surface area (Å²) < 4.78 is 0. The highest BCUT2D eigenvalue weighted by atomic mass is 19.0. The van der Waals surface area contributed by atoms with Crippen LogP contribution in [0.1, 0.15) is 13.3 Å². The lowest BCUT2D eigenvalue weighted by atomic mass is 10.1. The Morgan fingerprint density at radius 3 is 1.90 bits per heavy atom. The summed E-state index contributed by atoms with van der Waals surface area (Å²) in [5.41, 5.74) is 10.6. The minimum atomic E-state index is -0.432. The van der Waals surface area contributed by atoms with Gasteiger partial charge < -0.3 is 16.6 Å². The van der Waals surface area contributed by atoms with Gasteiger partial charge in [0.05, 0.1) is 6.10 Å². The van der Waals surface area contributed by atoms with Gasteiger partial charge in [0.25, 0.3) is 0 Å². The molecule has 10 heavy (non-hydrogen) atoms. The second kappa shape index (κ2) is 8.74. The third-order valence-corrected chi connectivity index (χ3v) is 1.12. The molecule has 0 aliphatic carbocycles. The standard InChI is InChI=1S/C5H14N2O.2FH/c1-4(8)5(7)2-3-6;;/h4-5,8H,2-3,6-7H2,1H3;2*1H. The van der Waals surface area contributed by atoms with Crippen LogP contribution in [-0.2, 0) is 0 Å². The van der Waals surface area contributed by atoms with E-state index in [0.717, 1.165) is 0 Å². The average molecular weight is 158 g/mol. The van der Waals surface area contributed by atoms with Gasteiger partial charge in [-0.1, -0.05) is 0 Å².